The molecule has 2 N–H and O–H groups in total. The van der Waals surface area contributed by atoms with Crippen LogP contribution in [0.3, 0.4) is 0 Å². The summed E-state index contributed by atoms with van der Waals surface area (Å²) < 4.78 is 0. The summed E-state index contributed by atoms with van der Waals surface area (Å²) in [5.41, 5.74) is 9.10. The highest BCUT2D eigenvalue weighted by molar-refractivity contribution is 6.35. The molecule has 7 nitrogen and oxygen atoms in total. The zero-order chi connectivity index (χ0) is 23.7. The summed E-state index contributed by atoms with van der Waals surface area (Å²) in [6.45, 7) is 14.0. The molecule has 1 aromatic rings. The molecule has 0 aliphatic carbocycles. The van der Waals surface area contributed by atoms with Gasteiger partial charge in [0, 0.05) is 28.8 Å². The lowest BCUT2D eigenvalue weighted by Gasteiger charge is -2.29. The van der Waals surface area contributed by atoms with Crippen molar-refractivity contribution in [3.63, 3.8) is 0 Å². The Morgan fingerprint density at radius 3 is 2.56 bits per heavy atom. The van der Waals surface area contributed by atoms with Crippen molar-refractivity contribution in [1.82, 2.24) is 4.90 Å². The van der Waals surface area contributed by atoms with E-state index in [1.54, 1.807) is 6.07 Å². The molecule has 1 heterocycles. The SMILES string of the molecule is C=NC(N)=NC(=NC(C)CN(Cc1ccc(Cl)cc1Cl)C(C=CC)=C(C)C)C1CN=NC1. The van der Waals surface area contributed by atoms with Gasteiger partial charge < -0.3 is 10.6 Å². The van der Waals surface area contributed by atoms with Crippen LogP contribution in [0.4, 0.5) is 0 Å². The Labute approximate surface area is 200 Å². The first-order valence-electron chi connectivity index (χ1n) is 10.5. The molecule has 0 amide bonds. The van der Waals surface area contributed by atoms with Crippen molar-refractivity contribution < 1.29 is 0 Å². The lowest BCUT2D eigenvalue weighted by atomic mass is 10.1. The van der Waals surface area contributed by atoms with Crippen LogP contribution in [-0.2, 0) is 6.54 Å². The number of nitrogens with two attached hydrogens (primary N) is 1. The number of azo groups is 1. The third-order valence-corrected chi connectivity index (χ3v) is 5.44. The summed E-state index contributed by atoms with van der Waals surface area (Å²) in [5.74, 6) is 0.684. The maximum absolute atomic E-state index is 6.47. The molecule has 1 aliphatic rings. The van der Waals surface area contributed by atoms with Crippen LogP contribution >= 0.6 is 23.2 Å². The minimum atomic E-state index is -0.0855. The van der Waals surface area contributed by atoms with Crippen molar-refractivity contribution in [3.8, 4) is 0 Å². The normalized spacial score (nSPS) is 15.9. The number of halogens is 2. The highest BCUT2D eigenvalue weighted by atomic mass is 35.5. The Bertz CT molecular complexity index is 951. The molecule has 0 aromatic heterocycles. The summed E-state index contributed by atoms with van der Waals surface area (Å²) in [5, 5.41) is 9.39. The quantitative estimate of drug-likeness (QED) is 0.303. The van der Waals surface area contributed by atoms with Crippen molar-refractivity contribution in [3.05, 3.63) is 57.2 Å². The van der Waals surface area contributed by atoms with E-state index in [9.17, 15) is 0 Å². The van der Waals surface area contributed by atoms with E-state index < -0.39 is 0 Å². The molecule has 0 spiro atoms. The number of rotatable bonds is 8. The second-order valence-electron chi connectivity index (χ2n) is 7.81. The molecule has 172 valence electrons. The van der Waals surface area contributed by atoms with Crippen molar-refractivity contribution in [2.45, 2.75) is 40.3 Å². The van der Waals surface area contributed by atoms with E-state index >= 15 is 0 Å². The number of hydrogen-bond acceptors (Lipinski definition) is 4. The number of hydrogen-bond donors (Lipinski definition) is 1. The van der Waals surface area contributed by atoms with Crippen LogP contribution in [0.5, 0.6) is 0 Å². The van der Waals surface area contributed by atoms with Gasteiger partial charge in [-0.2, -0.15) is 15.2 Å². The molecule has 1 atom stereocenters. The molecule has 1 unspecified atom stereocenters. The summed E-state index contributed by atoms with van der Waals surface area (Å²) in [4.78, 5) is 15.2. The molecule has 0 fully saturated rings. The van der Waals surface area contributed by atoms with Gasteiger partial charge in [-0.25, -0.2) is 4.99 Å². The van der Waals surface area contributed by atoms with E-state index in [0.29, 0.717) is 42.1 Å². The smallest absolute Gasteiger partial charge is 0.221 e. The summed E-state index contributed by atoms with van der Waals surface area (Å²) in [6.07, 6.45) is 4.13. The van der Waals surface area contributed by atoms with E-state index in [4.69, 9.17) is 33.9 Å². The molecule has 1 aromatic carbocycles. The molecule has 0 bridgehead atoms. The van der Waals surface area contributed by atoms with Crippen LogP contribution in [0.15, 0.2) is 66.8 Å². The molecule has 32 heavy (non-hydrogen) atoms. The Hall–Kier alpha value is -2.51. The van der Waals surface area contributed by atoms with Gasteiger partial charge in [0.25, 0.3) is 0 Å². The van der Waals surface area contributed by atoms with Crippen LogP contribution in [0.25, 0.3) is 0 Å². The lowest BCUT2D eigenvalue weighted by Crippen LogP contribution is -2.31. The fourth-order valence-corrected chi connectivity index (χ4v) is 3.82. The lowest BCUT2D eigenvalue weighted by molar-refractivity contribution is 0.326. The van der Waals surface area contributed by atoms with Crippen molar-refractivity contribution >= 4 is 41.7 Å². The third kappa shape index (κ3) is 7.57. The van der Waals surface area contributed by atoms with E-state index in [1.807, 2.05) is 32.1 Å². The molecule has 0 saturated carbocycles. The average Bonchev–Trinajstić information content (AvgIpc) is 3.27. The van der Waals surface area contributed by atoms with Gasteiger partial charge >= 0.3 is 0 Å². The Morgan fingerprint density at radius 2 is 2.00 bits per heavy atom. The topological polar surface area (TPSA) is 91.1 Å². The molecular formula is C23H31Cl2N7. The van der Waals surface area contributed by atoms with Gasteiger partial charge in [-0.1, -0.05) is 40.9 Å². The summed E-state index contributed by atoms with van der Waals surface area (Å²) >= 11 is 12.6. The molecule has 2 rings (SSSR count). The van der Waals surface area contributed by atoms with Crippen molar-refractivity contribution in [1.29, 1.82) is 0 Å². The number of nitrogens with zero attached hydrogens (tertiary/aromatic N) is 6. The zero-order valence-corrected chi connectivity index (χ0v) is 20.6. The van der Waals surface area contributed by atoms with Gasteiger partial charge in [0.15, 0.2) is 0 Å². The molecule has 0 saturated heterocycles. The highest BCUT2D eigenvalue weighted by Gasteiger charge is 2.22. The first-order chi connectivity index (χ1) is 15.2. The minimum absolute atomic E-state index is 0.00429. The fraction of sp³-hybridized carbons (Fsp3) is 0.435. The zero-order valence-electron chi connectivity index (χ0n) is 19.1. The minimum Gasteiger partial charge on any atom is -0.368 e. The molecule has 9 heteroatoms. The van der Waals surface area contributed by atoms with Crippen LogP contribution in [-0.4, -0.2) is 49.1 Å². The summed E-state index contributed by atoms with van der Waals surface area (Å²) in [7, 11) is 0. The predicted molar refractivity (Wildman–Crippen MR) is 136 cm³/mol. The van der Waals surface area contributed by atoms with Crippen LogP contribution in [0.2, 0.25) is 10.0 Å². The second kappa shape index (κ2) is 12.5. The fourth-order valence-electron chi connectivity index (χ4n) is 3.35. The second-order valence-corrected chi connectivity index (χ2v) is 8.65. The van der Waals surface area contributed by atoms with Gasteiger partial charge in [0.2, 0.25) is 5.96 Å². The number of benzene rings is 1. The molecule has 1 aliphatic heterocycles. The average molecular weight is 476 g/mol. The van der Waals surface area contributed by atoms with Crippen molar-refractivity contribution in [2.75, 3.05) is 19.6 Å². The number of amidine groups is 1. The van der Waals surface area contributed by atoms with Gasteiger partial charge in [-0.05, 0) is 58.2 Å². The van der Waals surface area contributed by atoms with Crippen molar-refractivity contribution in [2.24, 2.45) is 36.9 Å². The number of aliphatic imine (C=N–C) groups is 3. The van der Waals surface area contributed by atoms with Crippen LogP contribution < -0.4 is 5.73 Å². The standard InChI is InChI=1S/C23H31Cl2N7/c1-6-7-21(15(2)3)32(14-17-8-9-19(24)10-20(17)25)13-16(4)30-22(31-23(26)27-5)18-11-28-29-12-18/h6-10,16,18H,5,11-14H2,1-4H3,(H2,26,30,31). The van der Waals surface area contributed by atoms with E-state index in [0.717, 1.165) is 11.3 Å². The Morgan fingerprint density at radius 1 is 1.31 bits per heavy atom. The molecule has 0 radical (unpaired) electrons. The van der Waals surface area contributed by atoms with Gasteiger partial charge in [0.05, 0.1) is 25.0 Å². The van der Waals surface area contributed by atoms with E-state index in [1.165, 1.54) is 5.57 Å². The Kier molecular flexibility index (Phi) is 10.1. The Balaban J connectivity index is 2.36. The van der Waals surface area contributed by atoms with Crippen LogP contribution in [0.1, 0.15) is 33.3 Å². The third-order valence-electron chi connectivity index (χ3n) is 4.85. The highest BCUT2D eigenvalue weighted by Crippen LogP contribution is 2.25. The maximum Gasteiger partial charge on any atom is 0.221 e. The summed E-state index contributed by atoms with van der Waals surface area (Å²) in [6, 6.07) is 5.49. The first kappa shape index (κ1) is 25.7. The maximum atomic E-state index is 6.47. The van der Waals surface area contributed by atoms with E-state index in [-0.39, 0.29) is 17.9 Å². The monoisotopic (exact) mass is 475 g/mol. The predicted octanol–water partition coefficient (Wildman–Crippen LogP) is 5.55. The van der Waals surface area contributed by atoms with Gasteiger partial charge in [-0.15, -0.1) is 0 Å². The number of guanidine groups is 1. The van der Waals surface area contributed by atoms with Gasteiger partial charge in [-0.3, -0.25) is 4.99 Å². The number of allylic oxidation sites excluding steroid dienone is 3. The van der Waals surface area contributed by atoms with Crippen LogP contribution in [0, 0.1) is 5.92 Å². The first-order valence-corrected chi connectivity index (χ1v) is 11.2. The van der Waals surface area contributed by atoms with Gasteiger partial charge in [0.1, 0.15) is 5.84 Å². The molecular weight excluding hydrogens is 445 g/mol. The van der Waals surface area contributed by atoms with E-state index in [2.05, 4.69) is 51.8 Å². The largest absolute Gasteiger partial charge is 0.368 e.